The Balaban J connectivity index is 1.51. The van der Waals surface area contributed by atoms with Crippen LogP contribution in [0.2, 0.25) is 5.02 Å². The number of hydrogen-bond acceptors (Lipinski definition) is 4. The number of carbonyl (C=O) groups excluding carboxylic acids is 1. The summed E-state index contributed by atoms with van der Waals surface area (Å²) >= 11 is 6.18. The first-order chi connectivity index (χ1) is 14.6. The van der Waals surface area contributed by atoms with Crippen LogP contribution in [-0.2, 0) is 11.8 Å². The molecular weight excluding hydrogens is 402 g/mol. The van der Waals surface area contributed by atoms with Crippen molar-refractivity contribution in [2.24, 2.45) is 7.05 Å². The van der Waals surface area contributed by atoms with E-state index in [2.05, 4.69) is 10.2 Å². The van der Waals surface area contributed by atoms with Crippen LogP contribution in [0.4, 0.5) is 0 Å². The summed E-state index contributed by atoms with van der Waals surface area (Å²) in [4.78, 5) is 15.4. The maximum absolute atomic E-state index is 13.0. The van der Waals surface area contributed by atoms with E-state index in [0.29, 0.717) is 17.3 Å². The van der Waals surface area contributed by atoms with E-state index >= 15 is 0 Å². The van der Waals surface area contributed by atoms with Gasteiger partial charge in [-0.1, -0.05) is 17.7 Å². The summed E-state index contributed by atoms with van der Waals surface area (Å²) in [5.41, 5.74) is 2.92. The molecule has 1 fully saturated rings. The molecule has 3 aromatic rings. The van der Waals surface area contributed by atoms with Gasteiger partial charge in [0.1, 0.15) is 11.4 Å². The van der Waals surface area contributed by atoms with Crippen LogP contribution in [0.1, 0.15) is 16.9 Å². The van der Waals surface area contributed by atoms with Crippen LogP contribution in [-0.4, -0.2) is 64.5 Å². The highest BCUT2D eigenvalue weighted by Crippen LogP contribution is 2.23. The predicted molar refractivity (Wildman–Crippen MR) is 117 cm³/mol. The normalized spacial score (nSPS) is 14.7. The van der Waals surface area contributed by atoms with Crippen LogP contribution >= 0.6 is 11.6 Å². The highest BCUT2D eigenvalue weighted by molar-refractivity contribution is 6.30. The first-order valence-electron chi connectivity index (χ1n) is 10.2. The molecule has 158 valence electrons. The molecule has 0 atom stereocenters. The zero-order valence-electron chi connectivity index (χ0n) is 17.1. The lowest BCUT2D eigenvalue weighted by atomic mass is 10.2. The fourth-order valence-electron chi connectivity index (χ4n) is 3.62. The number of morpholine rings is 1. The van der Waals surface area contributed by atoms with Crippen molar-refractivity contribution >= 4 is 17.5 Å². The predicted octanol–water partition coefficient (Wildman–Crippen LogP) is 2.98. The van der Waals surface area contributed by atoms with Crippen LogP contribution in [0, 0.1) is 0 Å². The molecule has 1 aliphatic heterocycles. The van der Waals surface area contributed by atoms with E-state index in [1.165, 1.54) is 0 Å². The number of aryl methyl sites for hydroxylation is 1. The van der Waals surface area contributed by atoms with Crippen molar-refractivity contribution in [1.82, 2.24) is 24.6 Å². The van der Waals surface area contributed by atoms with Gasteiger partial charge in [-0.05, 0) is 49.4 Å². The molecule has 0 spiro atoms. The highest BCUT2D eigenvalue weighted by atomic mass is 35.5. The standard InChI is InChI=1S/C22H26ClN5O2/c1-26-9-3-7-20(26)19-16-21(28(25-19)18-6-2-5-17(23)15-18)22(29)24-8-4-10-27-11-13-30-14-12-27/h2-3,5-7,9,15-16H,4,8,10-14H2,1H3,(H,24,29). The zero-order valence-corrected chi connectivity index (χ0v) is 17.8. The molecule has 1 aliphatic rings. The molecule has 1 saturated heterocycles. The second kappa shape index (κ2) is 9.47. The number of aromatic nitrogens is 3. The second-order valence-electron chi connectivity index (χ2n) is 7.37. The van der Waals surface area contributed by atoms with Crippen molar-refractivity contribution in [1.29, 1.82) is 0 Å². The Morgan fingerprint density at radius 1 is 1.20 bits per heavy atom. The smallest absolute Gasteiger partial charge is 0.270 e. The largest absolute Gasteiger partial charge is 0.379 e. The fraction of sp³-hybridized carbons (Fsp3) is 0.364. The summed E-state index contributed by atoms with van der Waals surface area (Å²) in [7, 11) is 1.96. The summed E-state index contributed by atoms with van der Waals surface area (Å²) in [6, 6.07) is 13.1. The van der Waals surface area contributed by atoms with Crippen molar-refractivity contribution in [3.8, 4) is 17.1 Å². The van der Waals surface area contributed by atoms with Crippen molar-refractivity contribution in [2.45, 2.75) is 6.42 Å². The summed E-state index contributed by atoms with van der Waals surface area (Å²) in [6.07, 6.45) is 2.85. The third-order valence-corrected chi connectivity index (χ3v) is 5.48. The average molecular weight is 428 g/mol. The second-order valence-corrected chi connectivity index (χ2v) is 7.81. The van der Waals surface area contributed by atoms with E-state index in [9.17, 15) is 4.79 Å². The summed E-state index contributed by atoms with van der Waals surface area (Å²) in [6.45, 7) is 5.04. The van der Waals surface area contributed by atoms with Crippen molar-refractivity contribution < 1.29 is 9.53 Å². The fourth-order valence-corrected chi connectivity index (χ4v) is 3.80. The van der Waals surface area contributed by atoms with Crippen LogP contribution < -0.4 is 5.32 Å². The zero-order chi connectivity index (χ0) is 20.9. The summed E-state index contributed by atoms with van der Waals surface area (Å²) in [5, 5.41) is 8.34. The Morgan fingerprint density at radius 3 is 2.77 bits per heavy atom. The maximum Gasteiger partial charge on any atom is 0.270 e. The Kier molecular flexibility index (Phi) is 6.52. The number of benzene rings is 1. The third kappa shape index (κ3) is 4.75. The van der Waals surface area contributed by atoms with Gasteiger partial charge in [-0.15, -0.1) is 0 Å². The number of hydrogen-bond donors (Lipinski definition) is 1. The molecule has 1 N–H and O–H groups in total. The Bertz CT molecular complexity index is 1010. The monoisotopic (exact) mass is 427 g/mol. The SMILES string of the molecule is Cn1cccc1-c1cc(C(=O)NCCCN2CCOCC2)n(-c2cccc(Cl)c2)n1. The lowest BCUT2D eigenvalue weighted by Crippen LogP contribution is -2.38. The first-order valence-corrected chi connectivity index (χ1v) is 10.6. The highest BCUT2D eigenvalue weighted by Gasteiger charge is 2.19. The Labute approximate surface area is 181 Å². The topological polar surface area (TPSA) is 64.3 Å². The van der Waals surface area contributed by atoms with Crippen molar-refractivity contribution in [2.75, 3.05) is 39.4 Å². The summed E-state index contributed by atoms with van der Waals surface area (Å²) in [5.74, 6) is -0.148. The molecular formula is C22H26ClN5O2. The number of carbonyl (C=O) groups is 1. The molecule has 0 saturated carbocycles. The molecule has 0 bridgehead atoms. The molecule has 30 heavy (non-hydrogen) atoms. The van der Waals surface area contributed by atoms with Crippen LogP contribution in [0.25, 0.3) is 17.1 Å². The van der Waals surface area contributed by atoms with Gasteiger partial charge in [0.15, 0.2) is 0 Å². The van der Waals surface area contributed by atoms with E-state index in [-0.39, 0.29) is 5.91 Å². The maximum atomic E-state index is 13.0. The number of nitrogens with zero attached hydrogens (tertiary/aromatic N) is 4. The molecule has 7 nitrogen and oxygen atoms in total. The first kappa shape index (κ1) is 20.7. The minimum atomic E-state index is -0.148. The molecule has 0 radical (unpaired) electrons. The number of amides is 1. The molecule has 1 amide bonds. The van der Waals surface area contributed by atoms with E-state index in [0.717, 1.165) is 56.3 Å². The number of ether oxygens (including phenoxy) is 1. The van der Waals surface area contributed by atoms with Crippen molar-refractivity contribution in [3.63, 3.8) is 0 Å². The van der Waals surface area contributed by atoms with Gasteiger partial charge in [0.2, 0.25) is 0 Å². The van der Waals surface area contributed by atoms with Crippen LogP contribution in [0.15, 0.2) is 48.7 Å². The molecule has 2 aromatic heterocycles. The van der Waals surface area contributed by atoms with Crippen LogP contribution in [0.5, 0.6) is 0 Å². The average Bonchev–Trinajstić information content (AvgIpc) is 3.38. The minimum Gasteiger partial charge on any atom is -0.379 e. The third-order valence-electron chi connectivity index (χ3n) is 5.24. The quantitative estimate of drug-likeness (QED) is 0.589. The Hall–Kier alpha value is -2.61. The lowest BCUT2D eigenvalue weighted by molar-refractivity contribution is 0.0374. The number of halogens is 1. The van der Waals surface area contributed by atoms with Gasteiger partial charge in [0.25, 0.3) is 5.91 Å². The van der Waals surface area contributed by atoms with Gasteiger partial charge >= 0.3 is 0 Å². The molecule has 3 heterocycles. The molecule has 0 aliphatic carbocycles. The Morgan fingerprint density at radius 2 is 2.03 bits per heavy atom. The molecule has 4 rings (SSSR count). The van der Waals surface area contributed by atoms with Gasteiger partial charge in [-0.25, -0.2) is 4.68 Å². The van der Waals surface area contributed by atoms with Gasteiger partial charge in [-0.3, -0.25) is 9.69 Å². The minimum absolute atomic E-state index is 0.148. The van der Waals surface area contributed by atoms with Gasteiger partial charge in [0, 0.05) is 37.9 Å². The summed E-state index contributed by atoms with van der Waals surface area (Å²) < 4.78 is 9.01. The van der Waals surface area contributed by atoms with E-state index < -0.39 is 0 Å². The van der Waals surface area contributed by atoms with Crippen LogP contribution in [0.3, 0.4) is 0 Å². The van der Waals surface area contributed by atoms with E-state index in [1.54, 1.807) is 16.8 Å². The molecule has 8 heteroatoms. The number of nitrogens with one attached hydrogen (secondary N) is 1. The van der Waals surface area contributed by atoms with Gasteiger partial charge < -0.3 is 14.6 Å². The molecule has 1 aromatic carbocycles. The van der Waals surface area contributed by atoms with Gasteiger partial charge in [0.05, 0.1) is 24.6 Å². The van der Waals surface area contributed by atoms with E-state index in [4.69, 9.17) is 21.4 Å². The van der Waals surface area contributed by atoms with E-state index in [1.807, 2.05) is 48.1 Å². The molecule has 0 unspecified atom stereocenters. The number of rotatable bonds is 7. The van der Waals surface area contributed by atoms with Crippen molar-refractivity contribution in [3.05, 3.63) is 59.4 Å². The van der Waals surface area contributed by atoms with Gasteiger partial charge in [-0.2, -0.15) is 5.10 Å². The lowest BCUT2D eigenvalue weighted by Gasteiger charge is -2.26.